The first-order valence-electron chi connectivity index (χ1n) is 10.0. The summed E-state index contributed by atoms with van der Waals surface area (Å²) in [5, 5.41) is 3.02. The van der Waals surface area contributed by atoms with E-state index in [1.54, 1.807) is 12.1 Å². The number of nitrogens with one attached hydrogen (secondary N) is 1. The van der Waals surface area contributed by atoms with Crippen LogP contribution in [0.25, 0.3) is 0 Å². The largest absolute Gasteiger partial charge is 0.352 e. The molecular weight excluding hydrogens is 384 g/mol. The number of piperidine rings is 1. The van der Waals surface area contributed by atoms with Crippen molar-refractivity contribution in [3.8, 4) is 0 Å². The van der Waals surface area contributed by atoms with E-state index in [0.717, 1.165) is 22.3 Å². The van der Waals surface area contributed by atoms with E-state index in [-0.39, 0.29) is 12.5 Å². The molecular formula is C23H30N2O3S. The molecule has 1 aliphatic rings. The standard InChI is InChI=1S/C23H30N2O3S/c1-17-10-11-21(14-19(17)3)29(27,28)25-13-7-12-23(4,16-25)22(26)24-15-20-9-6-5-8-18(20)2/h5-6,8-11,14H,7,12-13,15-16H2,1-4H3,(H,24,26). The smallest absolute Gasteiger partial charge is 0.243 e. The summed E-state index contributed by atoms with van der Waals surface area (Å²) >= 11 is 0. The molecule has 1 saturated heterocycles. The molecule has 0 aromatic heterocycles. The van der Waals surface area contributed by atoms with Crippen LogP contribution < -0.4 is 5.32 Å². The summed E-state index contributed by atoms with van der Waals surface area (Å²) in [6, 6.07) is 13.1. The maximum atomic E-state index is 13.2. The summed E-state index contributed by atoms with van der Waals surface area (Å²) in [5.41, 5.74) is 3.46. The maximum absolute atomic E-state index is 13.2. The summed E-state index contributed by atoms with van der Waals surface area (Å²) in [6.07, 6.45) is 1.34. The Labute approximate surface area is 174 Å². The van der Waals surface area contributed by atoms with Crippen LogP contribution in [0, 0.1) is 26.2 Å². The van der Waals surface area contributed by atoms with Gasteiger partial charge in [0.15, 0.2) is 0 Å². The third-order valence-corrected chi connectivity index (χ3v) is 7.87. The number of hydrogen-bond donors (Lipinski definition) is 1. The van der Waals surface area contributed by atoms with E-state index in [0.29, 0.717) is 30.8 Å². The molecule has 0 saturated carbocycles. The number of rotatable bonds is 5. The van der Waals surface area contributed by atoms with Crippen molar-refractivity contribution in [2.45, 2.75) is 52.0 Å². The van der Waals surface area contributed by atoms with Gasteiger partial charge in [0.25, 0.3) is 0 Å². The minimum absolute atomic E-state index is 0.0965. The molecule has 3 rings (SSSR count). The molecule has 0 radical (unpaired) electrons. The maximum Gasteiger partial charge on any atom is 0.243 e. The Bertz CT molecular complexity index is 1020. The van der Waals surface area contributed by atoms with Crippen LogP contribution in [0.1, 0.15) is 42.0 Å². The predicted molar refractivity (Wildman–Crippen MR) is 115 cm³/mol. The van der Waals surface area contributed by atoms with Crippen molar-refractivity contribution in [1.29, 1.82) is 0 Å². The normalized spacial score (nSPS) is 20.4. The van der Waals surface area contributed by atoms with E-state index in [4.69, 9.17) is 0 Å². The molecule has 5 nitrogen and oxygen atoms in total. The van der Waals surface area contributed by atoms with E-state index in [1.807, 2.05) is 58.0 Å². The Balaban J connectivity index is 1.75. The van der Waals surface area contributed by atoms with Gasteiger partial charge in [-0.15, -0.1) is 0 Å². The summed E-state index contributed by atoms with van der Waals surface area (Å²) in [4.78, 5) is 13.3. The van der Waals surface area contributed by atoms with Gasteiger partial charge in [0, 0.05) is 19.6 Å². The number of hydrogen-bond acceptors (Lipinski definition) is 3. The predicted octanol–water partition coefficient (Wildman–Crippen LogP) is 3.72. The highest BCUT2D eigenvalue weighted by atomic mass is 32.2. The Morgan fingerprint density at radius 1 is 1.07 bits per heavy atom. The van der Waals surface area contributed by atoms with Crippen LogP contribution in [0.3, 0.4) is 0 Å². The summed E-state index contributed by atoms with van der Waals surface area (Å²) in [5.74, 6) is -0.0965. The van der Waals surface area contributed by atoms with E-state index < -0.39 is 15.4 Å². The molecule has 0 bridgehead atoms. The second kappa shape index (κ2) is 8.28. The third-order valence-electron chi connectivity index (χ3n) is 6.03. The number of benzene rings is 2. The lowest BCUT2D eigenvalue weighted by Crippen LogP contribution is -2.51. The van der Waals surface area contributed by atoms with Gasteiger partial charge in [0.2, 0.25) is 15.9 Å². The van der Waals surface area contributed by atoms with Crippen LogP contribution in [-0.2, 0) is 21.4 Å². The highest BCUT2D eigenvalue weighted by molar-refractivity contribution is 7.89. The molecule has 2 aromatic carbocycles. The second-order valence-electron chi connectivity index (χ2n) is 8.36. The first-order valence-corrected chi connectivity index (χ1v) is 11.5. The lowest BCUT2D eigenvalue weighted by Gasteiger charge is -2.38. The minimum atomic E-state index is -3.63. The molecule has 6 heteroatoms. The van der Waals surface area contributed by atoms with Crippen LogP contribution >= 0.6 is 0 Å². The quantitative estimate of drug-likeness (QED) is 0.811. The highest BCUT2D eigenvalue weighted by Gasteiger charge is 2.41. The van der Waals surface area contributed by atoms with E-state index in [2.05, 4.69) is 5.32 Å². The van der Waals surface area contributed by atoms with Crippen molar-refractivity contribution < 1.29 is 13.2 Å². The first kappa shape index (κ1) is 21.5. The molecule has 29 heavy (non-hydrogen) atoms. The molecule has 2 aromatic rings. The number of aryl methyl sites for hydroxylation is 3. The Morgan fingerprint density at radius 2 is 1.79 bits per heavy atom. The second-order valence-corrected chi connectivity index (χ2v) is 10.3. The van der Waals surface area contributed by atoms with Crippen LogP contribution in [0.2, 0.25) is 0 Å². The SMILES string of the molecule is Cc1ccc(S(=O)(=O)N2CCCC(C)(C(=O)NCc3ccccc3C)C2)cc1C. The zero-order valence-corrected chi connectivity index (χ0v) is 18.5. The number of carbonyl (C=O) groups is 1. The molecule has 1 heterocycles. The number of nitrogens with zero attached hydrogens (tertiary/aromatic N) is 1. The zero-order valence-electron chi connectivity index (χ0n) is 17.7. The van der Waals surface area contributed by atoms with Gasteiger partial charge < -0.3 is 5.32 Å². The lowest BCUT2D eigenvalue weighted by molar-refractivity contribution is -0.132. The Kier molecular flexibility index (Phi) is 6.15. The van der Waals surface area contributed by atoms with Crippen molar-refractivity contribution in [1.82, 2.24) is 9.62 Å². The van der Waals surface area contributed by atoms with E-state index in [9.17, 15) is 13.2 Å². The summed E-state index contributed by atoms with van der Waals surface area (Å²) in [6.45, 7) is 8.84. The fraction of sp³-hybridized carbons (Fsp3) is 0.435. The summed E-state index contributed by atoms with van der Waals surface area (Å²) in [7, 11) is -3.63. The fourth-order valence-electron chi connectivity index (χ4n) is 3.80. The van der Waals surface area contributed by atoms with Crippen LogP contribution in [0.15, 0.2) is 47.4 Å². The molecule has 0 aliphatic carbocycles. The molecule has 1 N–H and O–H groups in total. The Hall–Kier alpha value is -2.18. The van der Waals surface area contributed by atoms with Crippen molar-refractivity contribution in [2.75, 3.05) is 13.1 Å². The molecule has 1 aliphatic heterocycles. The van der Waals surface area contributed by atoms with Crippen LogP contribution in [0.5, 0.6) is 0 Å². The highest BCUT2D eigenvalue weighted by Crippen LogP contribution is 2.33. The van der Waals surface area contributed by atoms with Gasteiger partial charge in [-0.2, -0.15) is 4.31 Å². The fourth-order valence-corrected chi connectivity index (χ4v) is 5.49. The first-order chi connectivity index (χ1) is 13.6. The summed E-state index contributed by atoms with van der Waals surface area (Å²) < 4.78 is 27.8. The molecule has 0 spiro atoms. The van der Waals surface area contributed by atoms with E-state index >= 15 is 0 Å². The van der Waals surface area contributed by atoms with Gasteiger partial charge in [0.05, 0.1) is 10.3 Å². The van der Waals surface area contributed by atoms with Gasteiger partial charge in [-0.25, -0.2) is 8.42 Å². The van der Waals surface area contributed by atoms with Gasteiger partial charge in [-0.3, -0.25) is 4.79 Å². The van der Waals surface area contributed by atoms with Crippen molar-refractivity contribution in [2.24, 2.45) is 5.41 Å². The zero-order chi connectivity index (χ0) is 21.2. The van der Waals surface area contributed by atoms with Gasteiger partial charge in [0.1, 0.15) is 0 Å². The number of sulfonamides is 1. The molecule has 1 atom stereocenters. The van der Waals surface area contributed by atoms with E-state index in [1.165, 1.54) is 4.31 Å². The minimum Gasteiger partial charge on any atom is -0.352 e. The van der Waals surface area contributed by atoms with Crippen molar-refractivity contribution in [3.05, 3.63) is 64.7 Å². The monoisotopic (exact) mass is 414 g/mol. The number of amides is 1. The van der Waals surface area contributed by atoms with Crippen molar-refractivity contribution in [3.63, 3.8) is 0 Å². The lowest BCUT2D eigenvalue weighted by atomic mass is 9.82. The Morgan fingerprint density at radius 3 is 2.48 bits per heavy atom. The van der Waals surface area contributed by atoms with Gasteiger partial charge in [-0.1, -0.05) is 30.3 Å². The van der Waals surface area contributed by atoms with Crippen LogP contribution in [0.4, 0.5) is 0 Å². The molecule has 1 fully saturated rings. The average molecular weight is 415 g/mol. The van der Waals surface area contributed by atoms with Crippen molar-refractivity contribution >= 4 is 15.9 Å². The van der Waals surface area contributed by atoms with Crippen LogP contribution in [-0.4, -0.2) is 31.7 Å². The average Bonchev–Trinajstić information content (AvgIpc) is 2.69. The molecule has 156 valence electrons. The third kappa shape index (κ3) is 4.54. The number of carbonyl (C=O) groups excluding carboxylic acids is 1. The molecule has 1 unspecified atom stereocenters. The topological polar surface area (TPSA) is 66.5 Å². The molecule has 1 amide bonds. The van der Waals surface area contributed by atoms with Gasteiger partial charge in [-0.05, 0) is 74.9 Å². The van der Waals surface area contributed by atoms with Gasteiger partial charge >= 0.3 is 0 Å².